The van der Waals surface area contributed by atoms with Crippen molar-refractivity contribution in [3.63, 3.8) is 0 Å². The van der Waals surface area contributed by atoms with E-state index in [2.05, 4.69) is 5.32 Å². The molecule has 1 amide bonds. The molecule has 1 heterocycles. The minimum atomic E-state index is -3.95. The molecule has 0 saturated carbocycles. The highest BCUT2D eigenvalue weighted by Crippen LogP contribution is 2.31. The van der Waals surface area contributed by atoms with E-state index in [1.165, 1.54) is 12.1 Å². The second-order valence-electron chi connectivity index (χ2n) is 7.92. The number of fused-ring (bicyclic) bond motifs is 1. The molecule has 3 aromatic rings. The minimum absolute atomic E-state index is 0.124. The Labute approximate surface area is 194 Å². The third kappa shape index (κ3) is 5.12. The van der Waals surface area contributed by atoms with Crippen LogP contribution in [0.5, 0.6) is 11.5 Å². The molecule has 4 rings (SSSR count). The van der Waals surface area contributed by atoms with Crippen LogP contribution < -0.4 is 19.1 Å². The number of benzene rings is 3. The van der Waals surface area contributed by atoms with Crippen LogP contribution >= 0.6 is 0 Å². The van der Waals surface area contributed by atoms with Gasteiger partial charge in [-0.2, -0.15) is 0 Å². The maximum absolute atomic E-state index is 13.4. The summed E-state index contributed by atoms with van der Waals surface area (Å²) in [5.74, 6) is 0.846. The molecule has 172 valence electrons. The molecule has 1 aliphatic rings. The van der Waals surface area contributed by atoms with Crippen LogP contribution in [0.2, 0.25) is 0 Å². The quantitative estimate of drug-likeness (QED) is 0.577. The number of rotatable bonds is 7. The fourth-order valence-electron chi connectivity index (χ4n) is 3.68. The number of carbonyl (C=O) groups excluding carboxylic acids is 1. The summed E-state index contributed by atoms with van der Waals surface area (Å²) in [5, 5.41) is 2.79. The Kier molecular flexibility index (Phi) is 6.55. The van der Waals surface area contributed by atoms with Gasteiger partial charge in [0.2, 0.25) is 5.91 Å². The van der Waals surface area contributed by atoms with Gasteiger partial charge in [0.1, 0.15) is 19.3 Å². The third-order valence-corrected chi connectivity index (χ3v) is 7.11. The number of aryl methyl sites for hydroxylation is 2. The summed E-state index contributed by atoms with van der Waals surface area (Å²) in [7, 11) is -3.95. The van der Waals surface area contributed by atoms with Gasteiger partial charge in [-0.1, -0.05) is 48.0 Å². The van der Waals surface area contributed by atoms with Gasteiger partial charge in [0.15, 0.2) is 11.5 Å². The van der Waals surface area contributed by atoms with Gasteiger partial charge >= 0.3 is 0 Å². The topological polar surface area (TPSA) is 84.9 Å². The molecular weight excluding hydrogens is 440 g/mol. The van der Waals surface area contributed by atoms with Crippen molar-refractivity contribution in [3.8, 4) is 11.5 Å². The SMILES string of the molecule is Cc1ccc(N(CC(=O)NCC2COc3ccccc3O2)S(=O)(=O)c2ccccc2)c(C)c1. The summed E-state index contributed by atoms with van der Waals surface area (Å²) in [6, 6.07) is 20.9. The van der Waals surface area contributed by atoms with E-state index in [1.54, 1.807) is 30.3 Å². The van der Waals surface area contributed by atoms with Crippen molar-refractivity contribution in [1.29, 1.82) is 0 Å². The third-order valence-electron chi connectivity index (χ3n) is 5.33. The van der Waals surface area contributed by atoms with Gasteiger partial charge in [-0.05, 0) is 49.7 Å². The fraction of sp³-hybridized carbons (Fsp3) is 0.240. The fourth-order valence-corrected chi connectivity index (χ4v) is 5.19. The molecule has 1 atom stereocenters. The molecular formula is C25H26N2O5S. The predicted octanol–water partition coefficient (Wildman–Crippen LogP) is 3.45. The molecule has 0 spiro atoms. The second-order valence-corrected chi connectivity index (χ2v) is 9.78. The largest absolute Gasteiger partial charge is 0.486 e. The van der Waals surface area contributed by atoms with E-state index in [4.69, 9.17) is 9.47 Å². The molecule has 1 unspecified atom stereocenters. The van der Waals surface area contributed by atoms with Gasteiger partial charge < -0.3 is 14.8 Å². The van der Waals surface area contributed by atoms with Gasteiger partial charge in [0.25, 0.3) is 10.0 Å². The Balaban J connectivity index is 1.51. The zero-order chi connectivity index (χ0) is 23.4. The Morgan fingerprint density at radius 1 is 1.00 bits per heavy atom. The number of para-hydroxylation sites is 2. The summed E-state index contributed by atoms with van der Waals surface area (Å²) in [6.07, 6.45) is -0.371. The van der Waals surface area contributed by atoms with Crippen molar-refractivity contribution in [2.45, 2.75) is 24.8 Å². The lowest BCUT2D eigenvalue weighted by molar-refractivity contribution is -0.120. The lowest BCUT2D eigenvalue weighted by atomic mass is 10.1. The minimum Gasteiger partial charge on any atom is -0.486 e. The van der Waals surface area contributed by atoms with Crippen molar-refractivity contribution in [2.24, 2.45) is 0 Å². The standard InChI is InChI=1S/C25H26N2O5S/c1-18-12-13-22(19(2)14-18)27(33(29,30)21-8-4-3-5-9-21)16-25(28)26-15-20-17-31-23-10-6-7-11-24(23)32-20/h3-14,20H,15-17H2,1-2H3,(H,26,28). The Bertz CT molecular complexity index is 1240. The number of amides is 1. The summed E-state index contributed by atoms with van der Waals surface area (Å²) >= 11 is 0. The van der Waals surface area contributed by atoms with E-state index in [0.29, 0.717) is 23.8 Å². The summed E-state index contributed by atoms with van der Waals surface area (Å²) < 4.78 is 39.6. The maximum Gasteiger partial charge on any atom is 0.264 e. The van der Waals surface area contributed by atoms with E-state index >= 15 is 0 Å². The number of ether oxygens (including phenoxy) is 2. The first kappa shape index (κ1) is 22.7. The lowest BCUT2D eigenvalue weighted by Gasteiger charge is -2.28. The van der Waals surface area contributed by atoms with E-state index in [-0.39, 0.29) is 24.1 Å². The summed E-state index contributed by atoms with van der Waals surface area (Å²) in [6.45, 7) is 3.90. The smallest absolute Gasteiger partial charge is 0.264 e. The normalized spacial score (nSPS) is 15.0. The Morgan fingerprint density at radius 2 is 1.70 bits per heavy atom. The number of sulfonamides is 1. The van der Waals surface area contributed by atoms with Crippen LogP contribution in [-0.4, -0.2) is 40.1 Å². The highest BCUT2D eigenvalue weighted by atomic mass is 32.2. The van der Waals surface area contributed by atoms with Crippen LogP contribution in [0.1, 0.15) is 11.1 Å². The molecule has 0 aromatic heterocycles. The van der Waals surface area contributed by atoms with Gasteiger partial charge in [-0.3, -0.25) is 9.10 Å². The number of hydrogen-bond acceptors (Lipinski definition) is 5. The van der Waals surface area contributed by atoms with Crippen LogP contribution in [0.4, 0.5) is 5.69 Å². The summed E-state index contributed by atoms with van der Waals surface area (Å²) in [4.78, 5) is 13.0. The van der Waals surface area contributed by atoms with E-state index in [0.717, 1.165) is 15.4 Å². The molecule has 3 aromatic carbocycles. The highest BCUT2D eigenvalue weighted by Gasteiger charge is 2.29. The molecule has 0 aliphatic carbocycles. The number of nitrogens with one attached hydrogen (secondary N) is 1. The van der Waals surface area contributed by atoms with Gasteiger partial charge in [-0.25, -0.2) is 8.42 Å². The first-order valence-corrected chi connectivity index (χ1v) is 12.1. The second kappa shape index (κ2) is 9.54. The molecule has 1 N–H and O–H groups in total. The van der Waals surface area contributed by atoms with Crippen molar-refractivity contribution in [2.75, 3.05) is 24.0 Å². The highest BCUT2D eigenvalue weighted by molar-refractivity contribution is 7.92. The Hall–Kier alpha value is -3.52. The van der Waals surface area contributed by atoms with Crippen LogP contribution in [0, 0.1) is 13.8 Å². The Morgan fingerprint density at radius 3 is 2.42 bits per heavy atom. The first-order chi connectivity index (χ1) is 15.8. The molecule has 0 radical (unpaired) electrons. The average Bonchev–Trinajstić information content (AvgIpc) is 2.82. The van der Waals surface area contributed by atoms with Crippen LogP contribution in [0.25, 0.3) is 0 Å². The molecule has 0 bridgehead atoms. The number of carbonyl (C=O) groups is 1. The number of anilines is 1. The van der Waals surface area contributed by atoms with E-state index < -0.39 is 15.9 Å². The molecule has 1 aliphatic heterocycles. The van der Waals surface area contributed by atoms with Crippen LogP contribution in [0.3, 0.4) is 0 Å². The van der Waals surface area contributed by atoms with E-state index in [9.17, 15) is 13.2 Å². The van der Waals surface area contributed by atoms with Crippen molar-refractivity contribution in [3.05, 3.63) is 83.9 Å². The van der Waals surface area contributed by atoms with Gasteiger partial charge in [-0.15, -0.1) is 0 Å². The van der Waals surface area contributed by atoms with Gasteiger partial charge in [0.05, 0.1) is 17.1 Å². The predicted molar refractivity (Wildman–Crippen MR) is 126 cm³/mol. The van der Waals surface area contributed by atoms with Crippen molar-refractivity contribution >= 4 is 21.6 Å². The number of hydrogen-bond donors (Lipinski definition) is 1. The molecule has 7 nitrogen and oxygen atoms in total. The van der Waals surface area contributed by atoms with E-state index in [1.807, 2.05) is 44.2 Å². The molecule has 33 heavy (non-hydrogen) atoms. The molecule has 0 fully saturated rings. The van der Waals surface area contributed by atoms with Crippen molar-refractivity contribution < 1.29 is 22.7 Å². The average molecular weight is 467 g/mol. The zero-order valence-corrected chi connectivity index (χ0v) is 19.3. The maximum atomic E-state index is 13.4. The first-order valence-electron chi connectivity index (χ1n) is 10.6. The molecule has 0 saturated heterocycles. The monoisotopic (exact) mass is 466 g/mol. The van der Waals surface area contributed by atoms with Gasteiger partial charge in [0, 0.05) is 0 Å². The van der Waals surface area contributed by atoms with Crippen LogP contribution in [0.15, 0.2) is 77.7 Å². The van der Waals surface area contributed by atoms with Crippen molar-refractivity contribution in [1.82, 2.24) is 5.32 Å². The summed E-state index contributed by atoms with van der Waals surface area (Å²) in [5.41, 5.74) is 2.24. The number of nitrogens with zero attached hydrogens (tertiary/aromatic N) is 1. The van der Waals surface area contributed by atoms with Crippen LogP contribution in [-0.2, 0) is 14.8 Å². The molecule has 8 heteroatoms. The zero-order valence-electron chi connectivity index (χ0n) is 18.5. The lowest BCUT2D eigenvalue weighted by Crippen LogP contribution is -2.45.